The van der Waals surface area contributed by atoms with Crippen LogP contribution in [0.4, 0.5) is 0 Å². The zero-order chi connectivity index (χ0) is 17.4. The Morgan fingerprint density at radius 2 is 2.08 bits per heavy atom. The second-order valence-electron chi connectivity index (χ2n) is 5.53. The summed E-state index contributed by atoms with van der Waals surface area (Å²) in [5, 5.41) is 11.3. The maximum atomic E-state index is 11.8. The standard InChI is InChI=1S/C15H23N3O4S2.ClH/c16-24(20,21)14-5-3-13(4-6-14)22-8-9-23-11-15(19)18-12-2-1-7-17-10-12;/h3-6,12,17H,1-2,7-11H2,(H,18,19)(H2,16,20,21);1H. The van der Waals surface area contributed by atoms with Crippen LogP contribution in [0.15, 0.2) is 29.2 Å². The monoisotopic (exact) mass is 409 g/mol. The molecule has 1 aromatic rings. The Hall–Kier alpha value is -1.00. The van der Waals surface area contributed by atoms with Crippen LogP contribution in [0.2, 0.25) is 0 Å². The molecule has 2 rings (SSSR count). The Balaban J connectivity index is 0.00000312. The molecule has 1 saturated heterocycles. The number of carbonyl (C=O) groups is 1. The van der Waals surface area contributed by atoms with Crippen LogP contribution in [0, 0.1) is 0 Å². The van der Waals surface area contributed by atoms with E-state index in [1.54, 1.807) is 12.1 Å². The summed E-state index contributed by atoms with van der Waals surface area (Å²) in [6.45, 7) is 2.31. The molecular formula is C15H24ClN3O4S2. The highest BCUT2D eigenvalue weighted by Crippen LogP contribution is 2.15. The van der Waals surface area contributed by atoms with Gasteiger partial charge in [-0.05, 0) is 43.7 Å². The van der Waals surface area contributed by atoms with Crippen molar-refractivity contribution in [2.24, 2.45) is 5.14 Å². The van der Waals surface area contributed by atoms with E-state index < -0.39 is 10.0 Å². The molecule has 1 aliphatic heterocycles. The molecule has 10 heteroatoms. The predicted octanol–water partition coefficient (Wildman–Crippen LogP) is 0.736. The second-order valence-corrected chi connectivity index (χ2v) is 8.19. The van der Waals surface area contributed by atoms with Crippen LogP contribution < -0.4 is 20.5 Å². The zero-order valence-electron chi connectivity index (χ0n) is 13.8. The molecule has 25 heavy (non-hydrogen) atoms. The van der Waals surface area contributed by atoms with Crippen molar-refractivity contribution in [3.05, 3.63) is 24.3 Å². The number of halogens is 1. The van der Waals surface area contributed by atoms with Gasteiger partial charge in [0.15, 0.2) is 0 Å². The summed E-state index contributed by atoms with van der Waals surface area (Å²) in [6, 6.07) is 6.17. The minimum atomic E-state index is -3.68. The molecule has 1 atom stereocenters. The topological polar surface area (TPSA) is 111 Å². The van der Waals surface area contributed by atoms with Crippen molar-refractivity contribution >= 4 is 40.1 Å². The van der Waals surface area contributed by atoms with Crippen molar-refractivity contribution in [3.63, 3.8) is 0 Å². The van der Waals surface area contributed by atoms with E-state index in [2.05, 4.69) is 10.6 Å². The summed E-state index contributed by atoms with van der Waals surface area (Å²) in [4.78, 5) is 11.9. The number of primary sulfonamides is 1. The average molecular weight is 410 g/mol. The molecule has 142 valence electrons. The van der Waals surface area contributed by atoms with Gasteiger partial charge in [0.2, 0.25) is 15.9 Å². The van der Waals surface area contributed by atoms with E-state index in [1.165, 1.54) is 23.9 Å². The fourth-order valence-electron chi connectivity index (χ4n) is 2.35. The van der Waals surface area contributed by atoms with E-state index in [-0.39, 0.29) is 29.3 Å². The Kier molecular flexibility index (Phi) is 9.58. The average Bonchev–Trinajstić information content (AvgIpc) is 2.55. The molecule has 4 N–H and O–H groups in total. The highest BCUT2D eigenvalue weighted by Gasteiger charge is 2.14. The molecule has 0 aromatic heterocycles. The first-order chi connectivity index (χ1) is 11.4. The fraction of sp³-hybridized carbons (Fsp3) is 0.533. The maximum absolute atomic E-state index is 11.8. The highest BCUT2D eigenvalue weighted by molar-refractivity contribution is 7.99. The fourth-order valence-corrected chi connectivity index (χ4v) is 3.48. The van der Waals surface area contributed by atoms with E-state index in [0.717, 1.165) is 25.9 Å². The lowest BCUT2D eigenvalue weighted by Gasteiger charge is -2.23. The predicted molar refractivity (Wildman–Crippen MR) is 102 cm³/mol. The number of carbonyl (C=O) groups excluding carboxylic acids is 1. The number of thioether (sulfide) groups is 1. The summed E-state index contributed by atoms with van der Waals surface area (Å²) < 4.78 is 27.8. The Morgan fingerprint density at radius 3 is 2.68 bits per heavy atom. The van der Waals surface area contributed by atoms with Crippen LogP contribution in [-0.4, -0.2) is 51.6 Å². The molecule has 0 saturated carbocycles. The van der Waals surface area contributed by atoms with E-state index in [0.29, 0.717) is 23.9 Å². The van der Waals surface area contributed by atoms with E-state index in [4.69, 9.17) is 9.88 Å². The second kappa shape index (κ2) is 10.9. The number of ether oxygens (including phenoxy) is 1. The molecule has 1 heterocycles. The number of benzene rings is 1. The Morgan fingerprint density at radius 1 is 1.36 bits per heavy atom. The summed E-state index contributed by atoms with van der Waals surface area (Å²) >= 11 is 1.50. The van der Waals surface area contributed by atoms with Crippen LogP contribution in [0.1, 0.15) is 12.8 Å². The molecule has 0 bridgehead atoms. The molecule has 1 aromatic carbocycles. The number of sulfonamides is 1. The smallest absolute Gasteiger partial charge is 0.238 e. The van der Waals surface area contributed by atoms with E-state index >= 15 is 0 Å². The number of rotatable bonds is 8. The van der Waals surface area contributed by atoms with Gasteiger partial charge in [-0.2, -0.15) is 0 Å². The number of amides is 1. The third-order valence-electron chi connectivity index (χ3n) is 3.54. The van der Waals surface area contributed by atoms with Crippen molar-refractivity contribution in [2.75, 3.05) is 31.2 Å². The van der Waals surface area contributed by atoms with Crippen LogP contribution in [-0.2, 0) is 14.8 Å². The van der Waals surface area contributed by atoms with Crippen molar-refractivity contribution in [1.29, 1.82) is 0 Å². The summed E-state index contributed by atoms with van der Waals surface area (Å²) in [6.07, 6.45) is 2.12. The number of hydrogen-bond acceptors (Lipinski definition) is 6. The van der Waals surface area contributed by atoms with Gasteiger partial charge < -0.3 is 15.4 Å². The minimum Gasteiger partial charge on any atom is -0.493 e. The number of nitrogens with two attached hydrogens (primary N) is 1. The normalized spacial score (nSPS) is 17.4. The Bertz CT molecular complexity index is 635. The van der Waals surface area contributed by atoms with E-state index in [1.807, 2.05) is 0 Å². The van der Waals surface area contributed by atoms with Gasteiger partial charge in [-0.25, -0.2) is 13.6 Å². The van der Waals surface area contributed by atoms with Gasteiger partial charge in [-0.1, -0.05) is 0 Å². The van der Waals surface area contributed by atoms with Crippen molar-refractivity contribution in [3.8, 4) is 5.75 Å². The molecule has 0 radical (unpaired) electrons. The first-order valence-electron chi connectivity index (χ1n) is 7.78. The van der Waals surface area contributed by atoms with Crippen LogP contribution in [0.25, 0.3) is 0 Å². The van der Waals surface area contributed by atoms with Crippen molar-refractivity contribution < 1.29 is 17.9 Å². The highest BCUT2D eigenvalue weighted by atomic mass is 35.5. The molecule has 1 unspecified atom stereocenters. The van der Waals surface area contributed by atoms with Gasteiger partial charge >= 0.3 is 0 Å². The number of nitrogens with one attached hydrogen (secondary N) is 2. The first-order valence-corrected chi connectivity index (χ1v) is 10.5. The van der Waals surface area contributed by atoms with Crippen molar-refractivity contribution in [1.82, 2.24) is 10.6 Å². The largest absolute Gasteiger partial charge is 0.493 e. The van der Waals surface area contributed by atoms with Crippen LogP contribution in [0.5, 0.6) is 5.75 Å². The van der Waals surface area contributed by atoms with Gasteiger partial charge in [0.25, 0.3) is 0 Å². The molecule has 7 nitrogen and oxygen atoms in total. The lowest BCUT2D eigenvalue weighted by Crippen LogP contribution is -2.46. The van der Waals surface area contributed by atoms with E-state index in [9.17, 15) is 13.2 Å². The molecule has 1 amide bonds. The quantitative estimate of drug-likeness (QED) is 0.546. The van der Waals surface area contributed by atoms with Gasteiger partial charge in [0.1, 0.15) is 5.75 Å². The molecule has 1 aliphatic rings. The molecular weight excluding hydrogens is 386 g/mol. The summed E-state index contributed by atoms with van der Waals surface area (Å²) in [5.41, 5.74) is 0. The van der Waals surface area contributed by atoms with Gasteiger partial charge in [0, 0.05) is 18.3 Å². The van der Waals surface area contributed by atoms with Gasteiger partial charge in [-0.3, -0.25) is 4.79 Å². The third kappa shape index (κ3) is 8.28. The minimum absolute atomic E-state index is 0. The molecule has 0 spiro atoms. The van der Waals surface area contributed by atoms with Gasteiger partial charge in [-0.15, -0.1) is 24.2 Å². The Labute approximate surface area is 158 Å². The summed E-state index contributed by atoms with van der Waals surface area (Å²) in [7, 11) is -3.68. The third-order valence-corrected chi connectivity index (χ3v) is 5.39. The number of hydrogen-bond donors (Lipinski definition) is 3. The van der Waals surface area contributed by atoms with Crippen LogP contribution >= 0.6 is 24.2 Å². The van der Waals surface area contributed by atoms with Gasteiger partial charge in [0.05, 0.1) is 17.3 Å². The SMILES string of the molecule is Cl.NS(=O)(=O)c1ccc(OCCSCC(=O)NC2CCCNC2)cc1. The first kappa shape index (κ1) is 22.0. The molecule has 0 aliphatic carbocycles. The van der Waals surface area contributed by atoms with Crippen LogP contribution in [0.3, 0.4) is 0 Å². The maximum Gasteiger partial charge on any atom is 0.238 e. The zero-order valence-corrected chi connectivity index (χ0v) is 16.2. The summed E-state index contributed by atoms with van der Waals surface area (Å²) in [5.74, 6) is 1.70. The number of piperidine rings is 1. The lowest BCUT2D eigenvalue weighted by molar-refractivity contribution is -0.119. The van der Waals surface area contributed by atoms with Crippen molar-refractivity contribution in [2.45, 2.75) is 23.8 Å². The molecule has 1 fully saturated rings. The lowest BCUT2D eigenvalue weighted by atomic mass is 10.1.